The lowest BCUT2D eigenvalue weighted by atomic mass is 10.1. The Morgan fingerprint density at radius 3 is 2.67 bits per heavy atom. The van der Waals surface area contributed by atoms with Gasteiger partial charge in [-0.1, -0.05) is 6.07 Å². The molecule has 0 atom stereocenters. The van der Waals surface area contributed by atoms with Crippen molar-refractivity contribution in [1.82, 2.24) is 0 Å². The van der Waals surface area contributed by atoms with Crippen molar-refractivity contribution >= 4 is 28.3 Å². The van der Waals surface area contributed by atoms with Crippen molar-refractivity contribution in [2.75, 3.05) is 5.32 Å². The summed E-state index contributed by atoms with van der Waals surface area (Å²) in [6.45, 7) is 3.38. The number of anilines is 1. The molecular weight excluding hydrogens is 315 g/mol. The third kappa shape index (κ3) is 2.71. The molecule has 3 aromatic rings. The first-order chi connectivity index (χ1) is 11.4. The molecule has 1 N–H and O–H groups in total. The summed E-state index contributed by atoms with van der Waals surface area (Å²) in [6, 6.07) is 8.19. The van der Waals surface area contributed by atoms with Crippen LogP contribution in [0.15, 0.2) is 40.8 Å². The summed E-state index contributed by atoms with van der Waals surface area (Å²) >= 11 is 0. The van der Waals surface area contributed by atoms with Crippen LogP contribution in [0.4, 0.5) is 15.8 Å². The van der Waals surface area contributed by atoms with Crippen LogP contribution in [0.1, 0.15) is 21.7 Å². The van der Waals surface area contributed by atoms with E-state index in [1.165, 1.54) is 30.3 Å². The highest BCUT2D eigenvalue weighted by Gasteiger charge is 2.19. The Hall–Kier alpha value is -3.22. The zero-order valence-corrected chi connectivity index (χ0v) is 12.9. The maximum absolute atomic E-state index is 13.3. The topological polar surface area (TPSA) is 85.4 Å². The Labute approximate surface area is 136 Å². The van der Waals surface area contributed by atoms with Gasteiger partial charge in [0, 0.05) is 23.1 Å². The Morgan fingerprint density at radius 1 is 1.21 bits per heavy atom. The molecule has 2 aromatic carbocycles. The van der Waals surface area contributed by atoms with Crippen LogP contribution in [0.2, 0.25) is 0 Å². The standard InChI is InChI=1S/C17H13FN2O4/c1-9-3-5-12(20(22)23)8-14(9)19-17(21)16-10(2)13-7-11(18)4-6-15(13)24-16/h3-8H,1-2H3,(H,19,21). The van der Waals surface area contributed by atoms with E-state index in [1.54, 1.807) is 19.9 Å². The van der Waals surface area contributed by atoms with Gasteiger partial charge >= 0.3 is 0 Å². The van der Waals surface area contributed by atoms with Crippen molar-refractivity contribution in [3.63, 3.8) is 0 Å². The van der Waals surface area contributed by atoms with E-state index >= 15 is 0 Å². The number of carbonyl (C=O) groups is 1. The fourth-order valence-electron chi connectivity index (χ4n) is 2.45. The van der Waals surface area contributed by atoms with E-state index < -0.39 is 16.6 Å². The van der Waals surface area contributed by atoms with E-state index in [1.807, 2.05) is 0 Å². The van der Waals surface area contributed by atoms with Gasteiger partial charge in [0.05, 0.1) is 10.6 Å². The maximum Gasteiger partial charge on any atom is 0.291 e. The number of carbonyl (C=O) groups excluding carboxylic acids is 1. The molecule has 0 saturated carbocycles. The van der Waals surface area contributed by atoms with Crippen molar-refractivity contribution in [2.24, 2.45) is 0 Å². The highest BCUT2D eigenvalue weighted by molar-refractivity contribution is 6.06. The minimum atomic E-state index is -0.548. The van der Waals surface area contributed by atoms with E-state index in [0.29, 0.717) is 27.8 Å². The Balaban J connectivity index is 1.97. The number of rotatable bonds is 3. The average Bonchev–Trinajstić information content (AvgIpc) is 2.86. The first-order valence-corrected chi connectivity index (χ1v) is 7.12. The molecular formula is C17H13FN2O4. The summed E-state index contributed by atoms with van der Waals surface area (Å²) in [5, 5.41) is 14.0. The zero-order chi connectivity index (χ0) is 17.4. The lowest BCUT2D eigenvalue weighted by molar-refractivity contribution is -0.384. The zero-order valence-electron chi connectivity index (χ0n) is 12.9. The lowest BCUT2D eigenvalue weighted by Gasteiger charge is -2.07. The molecule has 0 aliphatic rings. The molecule has 1 aromatic heterocycles. The molecule has 0 spiro atoms. The van der Waals surface area contributed by atoms with Gasteiger partial charge in [0.25, 0.3) is 11.6 Å². The number of non-ortho nitro benzene ring substituents is 1. The van der Waals surface area contributed by atoms with Crippen LogP contribution in [-0.4, -0.2) is 10.8 Å². The number of fused-ring (bicyclic) bond motifs is 1. The Morgan fingerprint density at radius 2 is 1.96 bits per heavy atom. The smallest absolute Gasteiger partial charge is 0.291 e. The van der Waals surface area contributed by atoms with Crippen molar-refractivity contribution in [3.8, 4) is 0 Å². The monoisotopic (exact) mass is 328 g/mol. The van der Waals surface area contributed by atoms with Gasteiger partial charge in [0.15, 0.2) is 5.76 Å². The summed E-state index contributed by atoms with van der Waals surface area (Å²) in [5.74, 6) is -0.929. The Kier molecular flexibility index (Phi) is 3.76. The summed E-state index contributed by atoms with van der Waals surface area (Å²) in [5.41, 5.74) is 1.77. The predicted octanol–water partition coefficient (Wildman–Crippen LogP) is 4.35. The van der Waals surface area contributed by atoms with Gasteiger partial charge in [-0.3, -0.25) is 14.9 Å². The van der Waals surface area contributed by atoms with Crippen LogP contribution in [0.25, 0.3) is 11.0 Å². The fourth-order valence-corrected chi connectivity index (χ4v) is 2.45. The number of nitro groups is 1. The quantitative estimate of drug-likeness (QED) is 0.572. The van der Waals surface area contributed by atoms with Crippen molar-refractivity contribution in [3.05, 3.63) is 69.2 Å². The molecule has 0 bridgehead atoms. The number of hydrogen-bond donors (Lipinski definition) is 1. The number of benzene rings is 2. The lowest BCUT2D eigenvalue weighted by Crippen LogP contribution is -2.13. The van der Waals surface area contributed by atoms with Crippen LogP contribution in [0.5, 0.6) is 0 Å². The summed E-state index contributed by atoms with van der Waals surface area (Å²) in [7, 11) is 0. The largest absolute Gasteiger partial charge is 0.451 e. The fraction of sp³-hybridized carbons (Fsp3) is 0.118. The highest BCUT2D eigenvalue weighted by Crippen LogP contribution is 2.28. The van der Waals surface area contributed by atoms with E-state index in [0.717, 1.165) is 0 Å². The maximum atomic E-state index is 13.3. The first kappa shape index (κ1) is 15.7. The molecule has 1 amide bonds. The van der Waals surface area contributed by atoms with Crippen LogP contribution in [-0.2, 0) is 0 Å². The van der Waals surface area contributed by atoms with Gasteiger partial charge in [0.2, 0.25) is 0 Å². The normalized spacial score (nSPS) is 10.8. The molecule has 24 heavy (non-hydrogen) atoms. The Bertz CT molecular complexity index is 978. The van der Waals surface area contributed by atoms with Gasteiger partial charge in [-0.15, -0.1) is 0 Å². The van der Waals surface area contributed by atoms with Gasteiger partial charge in [-0.05, 0) is 37.6 Å². The van der Waals surface area contributed by atoms with Crippen LogP contribution in [0, 0.1) is 29.8 Å². The number of amides is 1. The third-order valence-corrected chi connectivity index (χ3v) is 3.78. The first-order valence-electron chi connectivity index (χ1n) is 7.12. The summed E-state index contributed by atoms with van der Waals surface area (Å²) < 4.78 is 18.8. The number of hydrogen-bond acceptors (Lipinski definition) is 4. The van der Waals surface area contributed by atoms with Crippen molar-refractivity contribution in [1.29, 1.82) is 0 Å². The van der Waals surface area contributed by atoms with E-state index in [2.05, 4.69) is 5.32 Å². The van der Waals surface area contributed by atoms with Gasteiger partial charge in [-0.25, -0.2) is 4.39 Å². The molecule has 0 saturated heterocycles. The van der Waals surface area contributed by atoms with Gasteiger partial charge < -0.3 is 9.73 Å². The molecule has 3 rings (SSSR count). The summed E-state index contributed by atoms with van der Waals surface area (Å²) in [6.07, 6.45) is 0. The molecule has 1 heterocycles. The van der Waals surface area contributed by atoms with Crippen molar-refractivity contribution < 1.29 is 18.5 Å². The molecule has 0 unspecified atom stereocenters. The van der Waals surface area contributed by atoms with Gasteiger partial charge in [-0.2, -0.15) is 0 Å². The number of nitrogens with zero attached hydrogens (tertiary/aromatic N) is 1. The van der Waals surface area contributed by atoms with Crippen molar-refractivity contribution in [2.45, 2.75) is 13.8 Å². The third-order valence-electron chi connectivity index (χ3n) is 3.78. The molecule has 0 fully saturated rings. The second-order valence-corrected chi connectivity index (χ2v) is 5.41. The van der Waals surface area contributed by atoms with E-state index in [9.17, 15) is 19.3 Å². The van der Waals surface area contributed by atoms with Crippen LogP contribution < -0.4 is 5.32 Å². The molecule has 122 valence electrons. The second kappa shape index (κ2) is 5.77. The number of aryl methyl sites for hydroxylation is 2. The predicted molar refractivity (Wildman–Crippen MR) is 86.7 cm³/mol. The average molecular weight is 328 g/mol. The number of nitrogens with one attached hydrogen (secondary N) is 1. The number of halogens is 1. The minimum absolute atomic E-state index is 0.0431. The van der Waals surface area contributed by atoms with Crippen LogP contribution in [0.3, 0.4) is 0 Å². The molecule has 0 aliphatic carbocycles. The number of nitro benzene ring substituents is 1. The van der Waals surface area contributed by atoms with Gasteiger partial charge in [0.1, 0.15) is 11.4 Å². The summed E-state index contributed by atoms with van der Waals surface area (Å²) in [4.78, 5) is 22.8. The van der Waals surface area contributed by atoms with Crippen LogP contribution >= 0.6 is 0 Å². The molecule has 6 nitrogen and oxygen atoms in total. The number of furan rings is 1. The van der Waals surface area contributed by atoms with E-state index in [-0.39, 0.29) is 11.4 Å². The SMILES string of the molecule is Cc1ccc([N+](=O)[O-])cc1NC(=O)c1oc2ccc(F)cc2c1C. The minimum Gasteiger partial charge on any atom is -0.451 e. The highest BCUT2D eigenvalue weighted by atomic mass is 19.1. The molecule has 7 heteroatoms. The molecule has 0 aliphatic heterocycles. The van der Waals surface area contributed by atoms with E-state index in [4.69, 9.17) is 4.42 Å². The molecule has 0 radical (unpaired) electrons. The second-order valence-electron chi connectivity index (χ2n) is 5.41.